The number of carbonyl (C=O) groups is 2. The van der Waals surface area contributed by atoms with Crippen LogP contribution in [0.25, 0.3) is 11.5 Å². The van der Waals surface area contributed by atoms with Gasteiger partial charge in [0.2, 0.25) is 17.6 Å². The van der Waals surface area contributed by atoms with E-state index in [1.54, 1.807) is 11.1 Å². The summed E-state index contributed by atoms with van der Waals surface area (Å²) < 4.78 is 5.45. The van der Waals surface area contributed by atoms with Gasteiger partial charge in [0.05, 0.1) is 11.4 Å². The van der Waals surface area contributed by atoms with Crippen LogP contribution in [-0.4, -0.2) is 50.8 Å². The van der Waals surface area contributed by atoms with Crippen LogP contribution >= 0.6 is 11.8 Å². The summed E-state index contributed by atoms with van der Waals surface area (Å²) in [4.78, 5) is 35.1. The minimum atomic E-state index is -0.402. The fraction of sp³-hybridized carbons (Fsp3) is 0.286. The Morgan fingerprint density at radius 2 is 1.94 bits per heavy atom. The number of nitrogens with one attached hydrogen (secondary N) is 1. The second kappa shape index (κ2) is 9.61. The number of carbonyl (C=O) groups excluding carboxylic acids is 2. The quantitative estimate of drug-likeness (QED) is 0.566. The first-order valence-electron chi connectivity index (χ1n) is 9.91. The standard InChI is InChI=1S/C21H22N6O3S/c22-18(28)13-31-17-7-2-1-5-15(17)24-21(29)27-11-8-14(9-12-27)20-25-19(26-30-20)16-6-3-4-10-23-16/h1-7,10,14H,8-9,11-13H2,(H2,22,28)(H,24,29). The summed E-state index contributed by atoms with van der Waals surface area (Å²) in [6.07, 6.45) is 3.15. The van der Waals surface area contributed by atoms with Gasteiger partial charge in [-0.25, -0.2) is 4.79 Å². The maximum absolute atomic E-state index is 12.7. The number of anilines is 1. The minimum Gasteiger partial charge on any atom is -0.369 e. The van der Waals surface area contributed by atoms with Gasteiger partial charge in [-0.15, -0.1) is 11.8 Å². The average molecular weight is 439 g/mol. The van der Waals surface area contributed by atoms with Crippen molar-refractivity contribution in [2.24, 2.45) is 5.73 Å². The zero-order valence-electron chi connectivity index (χ0n) is 16.7. The van der Waals surface area contributed by atoms with E-state index in [0.717, 1.165) is 17.7 Å². The lowest BCUT2D eigenvalue weighted by Gasteiger charge is -2.30. The summed E-state index contributed by atoms with van der Waals surface area (Å²) in [6.45, 7) is 1.16. The van der Waals surface area contributed by atoms with Crippen molar-refractivity contribution in [3.63, 3.8) is 0 Å². The molecule has 160 valence electrons. The number of likely N-dealkylation sites (tertiary alicyclic amines) is 1. The van der Waals surface area contributed by atoms with Crippen molar-refractivity contribution in [1.29, 1.82) is 0 Å². The lowest BCUT2D eigenvalue weighted by atomic mass is 9.97. The van der Waals surface area contributed by atoms with Crippen molar-refractivity contribution >= 4 is 29.4 Å². The number of thioether (sulfide) groups is 1. The van der Waals surface area contributed by atoms with E-state index in [2.05, 4.69) is 20.4 Å². The molecule has 9 nitrogen and oxygen atoms in total. The Morgan fingerprint density at radius 1 is 1.16 bits per heavy atom. The molecule has 31 heavy (non-hydrogen) atoms. The summed E-state index contributed by atoms with van der Waals surface area (Å²) in [6, 6.07) is 12.7. The number of hydrogen-bond donors (Lipinski definition) is 2. The van der Waals surface area contributed by atoms with Crippen molar-refractivity contribution in [3.05, 3.63) is 54.6 Å². The molecule has 10 heteroatoms. The zero-order valence-corrected chi connectivity index (χ0v) is 17.5. The van der Waals surface area contributed by atoms with Crippen molar-refractivity contribution < 1.29 is 14.1 Å². The highest BCUT2D eigenvalue weighted by Gasteiger charge is 2.28. The van der Waals surface area contributed by atoms with Crippen molar-refractivity contribution in [2.45, 2.75) is 23.7 Å². The van der Waals surface area contributed by atoms with Gasteiger partial charge in [-0.05, 0) is 37.1 Å². The van der Waals surface area contributed by atoms with Gasteiger partial charge >= 0.3 is 6.03 Å². The predicted octanol–water partition coefficient (Wildman–Crippen LogP) is 3.12. The summed E-state index contributed by atoms with van der Waals surface area (Å²) in [5, 5.41) is 6.97. The molecule has 1 aliphatic heterocycles. The Morgan fingerprint density at radius 3 is 2.68 bits per heavy atom. The predicted molar refractivity (Wildman–Crippen MR) is 116 cm³/mol. The normalized spacial score (nSPS) is 14.4. The molecule has 3 N–H and O–H groups in total. The summed E-state index contributed by atoms with van der Waals surface area (Å²) in [7, 11) is 0. The minimum absolute atomic E-state index is 0.104. The number of piperidine rings is 1. The van der Waals surface area contributed by atoms with E-state index in [4.69, 9.17) is 10.3 Å². The van der Waals surface area contributed by atoms with Crippen LogP contribution in [0, 0.1) is 0 Å². The number of hydrogen-bond acceptors (Lipinski definition) is 7. The van der Waals surface area contributed by atoms with Gasteiger partial charge in [0.15, 0.2) is 0 Å². The van der Waals surface area contributed by atoms with Crippen molar-refractivity contribution in [3.8, 4) is 11.5 Å². The van der Waals surface area contributed by atoms with Gasteiger partial charge in [-0.1, -0.05) is 23.4 Å². The first-order valence-corrected chi connectivity index (χ1v) is 10.9. The molecule has 0 radical (unpaired) electrons. The molecule has 1 aromatic carbocycles. The first-order chi connectivity index (χ1) is 15.1. The van der Waals surface area contributed by atoms with E-state index in [1.165, 1.54) is 11.8 Å². The molecule has 3 amide bonds. The second-order valence-electron chi connectivity index (χ2n) is 7.11. The van der Waals surface area contributed by atoms with E-state index in [-0.39, 0.29) is 17.7 Å². The van der Waals surface area contributed by atoms with E-state index < -0.39 is 5.91 Å². The average Bonchev–Trinajstić information content (AvgIpc) is 3.29. The zero-order chi connectivity index (χ0) is 21.6. The molecule has 2 aromatic heterocycles. The van der Waals surface area contributed by atoms with Crippen LogP contribution in [0.1, 0.15) is 24.7 Å². The molecule has 0 bridgehead atoms. The fourth-order valence-electron chi connectivity index (χ4n) is 3.37. The molecule has 1 fully saturated rings. The van der Waals surface area contributed by atoms with Crippen LogP contribution in [0.5, 0.6) is 0 Å². The van der Waals surface area contributed by atoms with Crippen LogP contribution in [0.4, 0.5) is 10.5 Å². The van der Waals surface area contributed by atoms with Crippen LogP contribution in [-0.2, 0) is 4.79 Å². The Hall–Kier alpha value is -3.40. The van der Waals surface area contributed by atoms with E-state index in [1.807, 2.05) is 42.5 Å². The van der Waals surface area contributed by atoms with Gasteiger partial charge in [0.25, 0.3) is 0 Å². The third kappa shape index (κ3) is 5.21. The van der Waals surface area contributed by atoms with Gasteiger partial charge in [0, 0.05) is 30.1 Å². The number of benzene rings is 1. The molecular formula is C21H22N6O3S. The topological polar surface area (TPSA) is 127 Å². The molecular weight excluding hydrogens is 416 g/mol. The van der Waals surface area contributed by atoms with Crippen molar-refractivity contribution in [2.75, 3.05) is 24.2 Å². The van der Waals surface area contributed by atoms with Crippen LogP contribution in [0.2, 0.25) is 0 Å². The number of aromatic nitrogens is 3. The molecule has 4 rings (SSSR count). The lowest BCUT2D eigenvalue weighted by molar-refractivity contribution is -0.115. The Bertz CT molecular complexity index is 1050. The van der Waals surface area contributed by atoms with Crippen LogP contribution in [0.3, 0.4) is 0 Å². The second-order valence-corrected chi connectivity index (χ2v) is 8.13. The number of amides is 3. The summed E-state index contributed by atoms with van der Waals surface area (Å²) in [5.41, 5.74) is 6.56. The number of nitrogens with two attached hydrogens (primary N) is 1. The molecule has 0 spiro atoms. The fourth-order valence-corrected chi connectivity index (χ4v) is 4.12. The molecule has 0 aliphatic carbocycles. The highest BCUT2D eigenvalue weighted by molar-refractivity contribution is 8.00. The third-order valence-corrected chi connectivity index (χ3v) is 6.06. The van der Waals surface area contributed by atoms with Crippen LogP contribution in [0.15, 0.2) is 58.1 Å². The number of primary amides is 1. The Kier molecular flexibility index (Phi) is 6.46. The smallest absolute Gasteiger partial charge is 0.321 e. The molecule has 0 unspecified atom stereocenters. The van der Waals surface area contributed by atoms with Gasteiger partial charge in [-0.3, -0.25) is 9.78 Å². The molecule has 3 aromatic rings. The number of rotatable bonds is 6. The first kappa shape index (κ1) is 20.9. The van der Waals surface area contributed by atoms with E-state index >= 15 is 0 Å². The SMILES string of the molecule is NC(=O)CSc1ccccc1NC(=O)N1CCC(c2nc(-c3ccccn3)no2)CC1. The monoisotopic (exact) mass is 438 g/mol. The molecule has 1 aliphatic rings. The number of urea groups is 1. The van der Waals surface area contributed by atoms with Crippen molar-refractivity contribution in [1.82, 2.24) is 20.0 Å². The summed E-state index contributed by atoms with van der Waals surface area (Å²) >= 11 is 1.30. The molecule has 1 saturated heterocycles. The number of para-hydroxylation sites is 1. The van der Waals surface area contributed by atoms with E-state index in [9.17, 15) is 9.59 Å². The highest BCUT2D eigenvalue weighted by atomic mass is 32.2. The Balaban J connectivity index is 1.34. The van der Waals surface area contributed by atoms with E-state index in [0.29, 0.717) is 36.2 Å². The summed E-state index contributed by atoms with van der Waals surface area (Å²) in [5.74, 6) is 0.908. The maximum atomic E-state index is 12.7. The number of pyridine rings is 1. The third-order valence-electron chi connectivity index (χ3n) is 4.97. The van der Waals surface area contributed by atoms with Gasteiger partial charge < -0.3 is 20.5 Å². The molecule has 0 saturated carbocycles. The maximum Gasteiger partial charge on any atom is 0.321 e. The largest absolute Gasteiger partial charge is 0.369 e. The highest BCUT2D eigenvalue weighted by Crippen LogP contribution is 2.30. The van der Waals surface area contributed by atoms with Gasteiger partial charge in [0.1, 0.15) is 5.69 Å². The lowest BCUT2D eigenvalue weighted by Crippen LogP contribution is -2.40. The van der Waals surface area contributed by atoms with Gasteiger partial charge in [-0.2, -0.15) is 4.98 Å². The van der Waals surface area contributed by atoms with Crippen LogP contribution < -0.4 is 11.1 Å². The molecule has 0 atom stereocenters. The number of nitrogens with zero attached hydrogens (tertiary/aromatic N) is 4. The molecule has 3 heterocycles. The Labute approximate surface area is 183 Å².